The number of amides is 1. The van der Waals surface area contributed by atoms with Crippen LogP contribution in [-0.2, 0) is 17.8 Å². The summed E-state index contributed by atoms with van der Waals surface area (Å²) in [5, 5.41) is 6.01. The first-order valence-corrected chi connectivity index (χ1v) is 11.7. The Morgan fingerprint density at radius 2 is 1.60 bits per heavy atom. The van der Waals surface area contributed by atoms with E-state index in [1.807, 2.05) is 59.5 Å². The molecule has 1 aliphatic heterocycles. The Morgan fingerprint density at radius 3 is 2.29 bits per heavy atom. The second-order valence-electron chi connectivity index (χ2n) is 8.55. The number of carbonyl (C=O) groups is 1. The third kappa shape index (κ3) is 4.87. The van der Waals surface area contributed by atoms with Crippen molar-refractivity contribution < 1.29 is 9.53 Å². The highest BCUT2D eigenvalue weighted by molar-refractivity contribution is 5.84. The van der Waals surface area contributed by atoms with E-state index in [9.17, 15) is 9.59 Å². The van der Waals surface area contributed by atoms with Gasteiger partial charge in [0.1, 0.15) is 12.3 Å². The van der Waals surface area contributed by atoms with Crippen LogP contribution in [-0.4, -0.2) is 58.9 Å². The number of pyridine rings is 1. The predicted octanol–water partition coefficient (Wildman–Crippen LogP) is 2.74. The van der Waals surface area contributed by atoms with E-state index in [-0.39, 0.29) is 18.0 Å². The van der Waals surface area contributed by atoms with E-state index < -0.39 is 0 Å². The highest BCUT2D eigenvalue weighted by atomic mass is 16.5. The first-order valence-electron chi connectivity index (χ1n) is 11.7. The van der Waals surface area contributed by atoms with Crippen molar-refractivity contribution >= 4 is 22.4 Å². The third-order valence-corrected chi connectivity index (χ3v) is 6.42. The van der Waals surface area contributed by atoms with Crippen molar-refractivity contribution in [1.82, 2.24) is 19.7 Å². The zero-order valence-corrected chi connectivity index (χ0v) is 19.6. The second-order valence-corrected chi connectivity index (χ2v) is 8.55. The monoisotopic (exact) mass is 469 g/mol. The average molecular weight is 470 g/mol. The molecule has 0 atom stereocenters. The Balaban J connectivity index is 1.32. The summed E-state index contributed by atoms with van der Waals surface area (Å²) in [5.74, 6) is 0.721. The molecule has 8 nitrogen and oxygen atoms in total. The van der Waals surface area contributed by atoms with Crippen LogP contribution in [0.1, 0.15) is 11.3 Å². The Hall–Kier alpha value is -4.20. The lowest BCUT2D eigenvalue weighted by molar-refractivity contribution is -0.132. The van der Waals surface area contributed by atoms with Gasteiger partial charge in [-0.25, -0.2) is 4.68 Å². The van der Waals surface area contributed by atoms with Crippen molar-refractivity contribution in [3.8, 4) is 5.75 Å². The zero-order chi connectivity index (χ0) is 24.2. The van der Waals surface area contributed by atoms with E-state index >= 15 is 0 Å². The molecule has 1 aliphatic rings. The van der Waals surface area contributed by atoms with Crippen molar-refractivity contribution in [3.05, 3.63) is 94.7 Å². The molecule has 0 bridgehead atoms. The van der Waals surface area contributed by atoms with E-state index in [1.165, 1.54) is 4.68 Å². The number of ether oxygens (including phenoxy) is 1. The third-order valence-electron chi connectivity index (χ3n) is 6.42. The van der Waals surface area contributed by atoms with Crippen LogP contribution in [0.25, 0.3) is 10.8 Å². The van der Waals surface area contributed by atoms with Gasteiger partial charge in [0, 0.05) is 56.1 Å². The van der Waals surface area contributed by atoms with Gasteiger partial charge in [-0.05, 0) is 48.0 Å². The molecule has 4 aromatic rings. The van der Waals surface area contributed by atoms with Crippen LogP contribution in [0.2, 0.25) is 0 Å². The minimum atomic E-state index is -0.246. The quantitative estimate of drug-likeness (QED) is 0.432. The van der Waals surface area contributed by atoms with Crippen molar-refractivity contribution in [2.45, 2.75) is 13.0 Å². The molecular weight excluding hydrogens is 442 g/mol. The Bertz CT molecular complexity index is 1380. The van der Waals surface area contributed by atoms with Gasteiger partial charge in [-0.3, -0.25) is 14.6 Å². The molecular formula is C27H27N5O3. The van der Waals surface area contributed by atoms with Gasteiger partial charge in [0.25, 0.3) is 5.56 Å². The number of nitrogens with zero attached hydrogens (tertiary/aromatic N) is 5. The minimum absolute atomic E-state index is 0.0739. The number of piperazine rings is 1. The predicted molar refractivity (Wildman–Crippen MR) is 135 cm³/mol. The van der Waals surface area contributed by atoms with E-state index in [4.69, 9.17) is 4.74 Å². The number of fused-ring (bicyclic) bond motifs is 1. The summed E-state index contributed by atoms with van der Waals surface area (Å²) in [5.41, 5.74) is 2.67. The molecule has 2 aromatic heterocycles. The van der Waals surface area contributed by atoms with Crippen LogP contribution in [0.15, 0.2) is 77.9 Å². The highest BCUT2D eigenvalue weighted by Crippen LogP contribution is 2.21. The van der Waals surface area contributed by atoms with E-state index in [0.29, 0.717) is 24.9 Å². The summed E-state index contributed by atoms with van der Waals surface area (Å²) in [6.45, 7) is 2.57. The van der Waals surface area contributed by atoms with Gasteiger partial charge < -0.3 is 14.5 Å². The van der Waals surface area contributed by atoms with Gasteiger partial charge in [-0.1, -0.05) is 18.2 Å². The van der Waals surface area contributed by atoms with E-state index in [0.717, 1.165) is 41.2 Å². The standard InChI is InChI=1S/C27H27N5O3/c1-35-22-8-6-21(7-9-22)30-14-16-31(17-15-30)26(33)19-32-27(34)24-5-3-2-4-23(24)25(29-32)18-20-10-12-28-13-11-20/h2-13H,14-19H2,1H3. The molecule has 3 heterocycles. The fraction of sp³-hybridized carbons (Fsp3) is 0.259. The summed E-state index contributed by atoms with van der Waals surface area (Å²) in [4.78, 5) is 34.4. The summed E-state index contributed by atoms with van der Waals surface area (Å²) in [6, 6.07) is 19.2. The molecule has 5 rings (SSSR count). The van der Waals surface area contributed by atoms with E-state index in [1.54, 1.807) is 25.6 Å². The van der Waals surface area contributed by atoms with Crippen molar-refractivity contribution in [2.75, 3.05) is 38.2 Å². The number of hydrogen-bond acceptors (Lipinski definition) is 6. The number of anilines is 1. The topological polar surface area (TPSA) is 80.6 Å². The molecule has 0 aliphatic carbocycles. The van der Waals surface area contributed by atoms with Crippen LogP contribution < -0.4 is 15.2 Å². The number of methoxy groups -OCH3 is 1. The minimum Gasteiger partial charge on any atom is -0.497 e. The van der Waals surface area contributed by atoms with Gasteiger partial charge in [0.2, 0.25) is 5.91 Å². The normalized spacial score (nSPS) is 13.7. The van der Waals surface area contributed by atoms with Gasteiger partial charge in [-0.15, -0.1) is 0 Å². The van der Waals surface area contributed by atoms with Gasteiger partial charge in [0.15, 0.2) is 0 Å². The summed E-state index contributed by atoms with van der Waals surface area (Å²) in [6.07, 6.45) is 4.03. The highest BCUT2D eigenvalue weighted by Gasteiger charge is 2.23. The number of aromatic nitrogens is 3. The van der Waals surface area contributed by atoms with Gasteiger partial charge in [0.05, 0.1) is 18.2 Å². The summed E-state index contributed by atoms with van der Waals surface area (Å²) >= 11 is 0. The maximum atomic E-state index is 13.1. The van der Waals surface area contributed by atoms with Crippen molar-refractivity contribution in [2.24, 2.45) is 0 Å². The number of rotatable bonds is 6. The maximum Gasteiger partial charge on any atom is 0.275 e. The molecule has 0 N–H and O–H groups in total. The molecule has 0 saturated carbocycles. The number of carbonyl (C=O) groups excluding carboxylic acids is 1. The molecule has 1 fully saturated rings. The Kier molecular flexibility index (Phi) is 6.43. The molecule has 0 unspecified atom stereocenters. The Labute approximate surface area is 203 Å². The lowest BCUT2D eigenvalue weighted by Gasteiger charge is -2.36. The Morgan fingerprint density at radius 1 is 0.914 bits per heavy atom. The lowest BCUT2D eigenvalue weighted by Crippen LogP contribution is -2.50. The van der Waals surface area contributed by atoms with Crippen LogP contribution in [0, 0.1) is 0 Å². The largest absolute Gasteiger partial charge is 0.497 e. The fourth-order valence-electron chi connectivity index (χ4n) is 4.47. The smallest absolute Gasteiger partial charge is 0.275 e. The van der Waals surface area contributed by atoms with Crippen LogP contribution in [0.3, 0.4) is 0 Å². The molecule has 0 radical (unpaired) electrons. The maximum absolute atomic E-state index is 13.1. The van der Waals surface area contributed by atoms with Crippen molar-refractivity contribution in [3.63, 3.8) is 0 Å². The molecule has 2 aromatic carbocycles. The number of hydrogen-bond donors (Lipinski definition) is 0. The van der Waals surface area contributed by atoms with E-state index in [2.05, 4.69) is 15.0 Å². The summed E-state index contributed by atoms with van der Waals surface area (Å²) in [7, 11) is 1.65. The van der Waals surface area contributed by atoms with Crippen LogP contribution in [0.4, 0.5) is 5.69 Å². The molecule has 1 amide bonds. The first kappa shape index (κ1) is 22.6. The van der Waals surface area contributed by atoms with Gasteiger partial charge >= 0.3 is 0 Å². The average Bonchev–Trinajstić information content (AvgIpc) is 2.92. The van der Waals surface area contributed by atoms with Crippen LogP contribution in [0.5, 0.6) is 5.75 Å². The SMILES string of the molecule is COc1ccc(N2CCN(C(=O)Cn3nc(Cc4ccncc4)c4ccccc4c3=O)CC2)cc1. The molecule has 178 valence electrons. The lowest BCUT2D eigenvalue weighted by atomic mass is 10.1. The zero-order valence-electron chi connectivity index (χ0n) is 19.6. The molecule has 35 heavy (non-hydrogen) atoms. The van der Waals surface area contributed by atoms with Crippen LogP contribution >= 0.6 is 0 Å². The van der Waals surface area contributed by atoms with Crippen molar-refractivity contribution in [1.29, 1.82) is 0 Å². The summed E-state index contributed by atoms with van der Waals surface area (Å²) < 4.78 is 6.55. The number of benzene rings is 2. The first-order chi connectivity index (χ1) is 17.1. The molecule has 0 spiro atoms. The second kappa shape index (κ2) is 9.97. The fourth-order valence-corrected chi connectivity index (χ4v) is 4.47. The van der Waals surface area contributed by atoms with Gasteiger partial charge in [-0.2, -0.15) is 5.10 Å². The molecule has 8 heteroatoms. The molecule has 1 saturated heterocycles.